The van der Waals surface area contributed by atoms with Crippen molar-refractivity contribution in [1.29, 1.82) is 0 Å². The summed E-state index contributed by atoms with van der Waals surface area (Å²) in [6, 6.07) is 13.7. The van der Waals surface area contributed by atoms with Crippen molar-refractivity contribution in [2.24, 2.45) is 5.92 Å². The van der Waals surface area contributed by atoms with Gasteiger partial charge in [0.1, 0.15) is 5.75 Å². The Morgan fingerprint density at radius 3 is 2.80 bits per heavy atom. The molecule has 1 heterocycles. The smallest absolute Gasteiger partial charge is 0.124 e. The Morgan fingerprint density at radius 2 is 1.95 bits per heavy atom. The molecule has 3 rings (SSSR count). The minimum absolute atomic E-state index is 0.163. The fraction of sp³-hybridized carbons (Fsp3) is 0.250. The van der Waals surface area contributed by atoms with Crippen LogP contribution in [-0.4, -0.2) is 6.61 Å². The van der Waals surface area contributed by atoms with Crippen LogP contribution in [0.4, 0.5) is 5.69 Å². The fourth-order valence-electron chi connectivity index (χ4n) is 2.49. The average Bonchev–Trinajstić information content (AvgIpc) is 2.46. The van der Waals surface area contributed by atoms with Gasteiger partial charge < -0.3 is 10.1 Å². The molecule has 0 saturated heterocycles. The van der Waals surface area contributed by atoms with Gasteiger partial charge in [0.15, 0.2) is 0 Å². The first kappa shape index (κ1) is 13.6. The van der Waals surface area contributed by atoms with Crippen LogP contribution in [0.5, 0.6) is 5.75 Å². The van der Waals surface area contributed by atoms with Crippen LogP contribution in [0, 0.1) is 5.92 Å². The highest BCUT2D eigenvalue weighted by Gasteiger charge is 2.28. The molecule has 0 saturated carbocycles. The Kier molecular flexibility index (Phi) is 3.77. The molecule has 0 bridgehead atoms. The van der Waals surface area contributed by atoms with E-state index in [9.17, 15) is 0 Å². The summed E-state index contributed by atoms with van der Waals surface area (Å²) in [4.78, 5) is 0. The standard InChI is InChI=1S/C16H15Cl2NO/c1-10-9-20-15-5-3-2-4-12(15)16(10)19-14-8-11(17)6-7-13(14)18/h2-8,10,16,19H,9H2,1H3. The normalized spacial score (nSPS) is 20.9. The summed E-state index contributed by atoms with van der Waals surface area (Å²) in [5.74, 6) is 1.28. The van der Waals surface area contributed by atoms with Crippen molar-refractivity contribution in [3.63, 3.8) is 0 Å². The van der Waals surface area contributed by atoms with E-state index in [1.165, 1.54) is 0 Å². The minimum atomic E-state index is 0.163. The molecule has 104 valence electrons. The Hall–Kier alpha value is -1.38. The van der Waals surface area contributed by atoms with Crippen molar-refractivity contribution < 1.29 is 4.74 Å². The molecular formula is C16H15Cl2NO. The molecule has 20 heavy (non-hydrogen) atoms. The maximum Gasteiger partial charge on any atom is 0.124 e. The van der Waals surface area contributed by atoms with Gasteiger partial charge in [-0.25, -0.2) is 0 Å². The third-order valence-electron chi connectivity index (χ3n) is 3.56. The Labute approximate surface area is 128 Å². The molecular weight excluding hydrogens is 293 g/mol. The number of nitrogens with one attached hydrogen (secondary N) is 1. The second kappa shape index (κ2) is 5.55. The zero-order valence-electron chi connectivity index (χ0n) is 11.1. The maximum atomic E-state index is 6.24. The lowest BCUT2D eigenvalue weighted by Gasteiger charge is -2.33. The van der Waals surface area contributed by atoms with Crippen molar-refractivity contribution in [2.75, 3.05) is 11.9 Å². The molecule has 0 spiro atoms. The van der Waals surface area contributed by atoms with Gasteiger partial charge in [-0.1, -0.05) is 48.3 Å². The van der Waals surface area contributed by atoms with Gasteiger partial charge in [-0.3, -0.25) is 0 Å². The predicted octanol–water partition coefficient (Wildman–Crippen LogP) is 5.18. The lowest BCUT2D eigenvalue weighted by Crippen LogP contribution is -2.28. The number of halogens is 2. The summed E-state index contributed by atoms with van der Waals surface area (Å²) < 4.78 is 5.76. The predicted molar refractivity (Wildman–Crippen MR) is 83.9 cm³/mol. The van der Waals surface area contributed by atoms with Crippen LogP contribution in [0.25, 0.3) is 0 Å². The van der Waals surface area contributed by atoms with Gasteiger partial charge in [0, 0.05) is 16.5 Å². The van der Waals surface area contributed by atoms with E-state index in [1.54, 1.807) is 6.07 Å². The monoisotopic (exact) mass is 307 g/mol. The van der Waals surface area contributed by atoms with Gasteiger partial charge >= 0.3 is 0 Å². The van der Waals surface area contributed by atoms with Gasteiger partial charge in [0.25, 0.3) is 0 Å². The van der Waals surface area contributed by atoms with Crippen LogP contribution in [0.3, 0.4) is 0 Å². The van der Waals surface area contributed by atoms with Crippen LogP contribution in [0.2, 0.25) is 10.0 Å². The average molecular weight is 308 g/mol. The van der Waals surface area contributed by atoms with Crippen LogP contribution in [0.1, 0.15) is 18.5 Å². The Bertz CT molecular complexity index is 630. The van der Waals surface area contributed by atoms with E-state index in [0.717, 1.165) is 17.0 Å². The molecule has 1 aliphatic heterocycles. The second-order valence-electron chi connectivity index (χ2n) is 5.07. The van der Waals surface area contributed by atoms with Crippen LogP contribution >= 0.6 is 23.2 Å². The first-order chi connectivity index (χ1) is 9.65. The molecule has 1 aliphatic rings. The lowest BCUT2D eigenvalue weighted by molar-refractivity contribution is 0.214. The summed E-state index contributed by atoms with van der Waals surface area (Å²) in [7, 11) is 0. The van der Waals surface area contributed by atoms with Crippen molar-refractivity contribution >= 4 is 28.9 Å². The maximum absolute atomic E-state index is 6.24. The topological polar surface area (TPSA) is 21.3 Å². The van der Waals surface area contributed by atoms with Gasteiger partial charge in [0.05, 0.1) is 23.4 Å². The third kappa shape index (κ3) is 2.58. The molecule has 0 amide bonds. The van der Waals surface area contributed by atoms with Gasteiger partial charge in [-0.05, 0) is 24.3 Å². The number of fused-ring (bicyclic) bond motifs is 1. The van der Waals surface area contributed by atoms with Gasteiger partial charge in [0.2, 0.25) is 0 Å². The van der Waals surface area contributed by atoms with E-state index in [-0.39, 0.29) is 6.04 Å². The molecule has 1 N–H and O–H groups in total. The molecule has 2 aromatic rings. The van der Waals surface area contributed by atoms with Crippen molar-refractivity contribution in [1.82, 2.24) is 0 Å². The number of rotatable bonds is 2. The molecule has 2 unspecified atom stereocenters. The van der Waals surface area contributed by atoms with E-state index >= 15 is 0 Å². The number of ether oxygens (including phenoxy) is 1. The number of hydrogen-bond donors (Lipinski definition) is 1. The summed E-state index contributed by atoms with van der Waals surface area (Å²) in [6.45, 7) is 2.85. The third-order valence-corrected chi connectivity index (χ3v) is 4.13. The van der Waals surface area contributed by atoms with Crippen molar-refractivity contribution in [2.45, 2.75) is 13.0 Å². The van der Waals surface area contributed by atoms with E-state index in [0.29, 0.717) is 22.6 Å². The summed E-state index contributed by atoms with van der Waals surface area (Å²) in [5, 5.41) is 4.84. The summed E-state index contributed by atoms with van der Waals surface area (Å²) in [6.07, 6.45) is 0. The molecule has 0 aliphatic carbocycles. The lowest BCUT2D eigenvalue weighted by atomic mass is 9.92. The largest absolute Gasteiger partial charge is 0.493 e. The van der Waals surface area contributed by atoms with Crippen molar-refractivity contribution in [3.8, 4) is 5.75 Å². The fourth-order valence-corrected chi connectivity index (χ4v) is 2.83. The number of para-hydroxylation sites is 1. The first-order valence-corrected chi connectivity index (χ1v) is 7.34. The summed E-state index contributed by atoms with van der Waals surface area (Å²) in [5.41, 5.74) is 2.01. The number of hydrogen-bond acceptors (Lipinski definition) is 2. The molecule has 0 fully saturated rings. The quantitative estimate of drug-likeness (QED) is 0.826. The molecule has 0 radical (unpaired) electrons. The molecule has 2 atom stereocenters. The molecule has 2 aromatic carbocycles. The van der Waals surface area contributed by atoms with Crippen LogP contribution < -0.4 is 10.1 Å². The van der Waals surface area contributed by atoms with E-state index < -0.39 is 0 Å². The van der Waals surface area contributed by atoms with Gasteiger partial charge in [-0.15, -0.1) is 0 Å². The highest BCUT2D eigenvalue weighted by atomic mass is 35.5. The number of anilines is 1. The first-order valence-electron chi connectivity index (χ1n) is 6.58. The Balaban J connectivity index is 1.95. The Morgan fingerprint density at radius 1 is 1.15 bits per heavy atom. The van der Waals surface area contributed by atoms with Crippen LogP contribution in [0.15, 0.2) is 42.5 Å². The van der Waals surface area contributed by atoms with Gasteiger partial charge in [-0.2, -0.15) is 0 Å². The number of benzene rings is 2. The summed E-state index contributed by atoms with van der Waals surface area (Å²) >= 11 is 12.3. The molecule has 0 aromatic heterocycles. The highest BCUT2D eigenvalue weighted by molar-refractivity contribution is 6.35. The minimum Gasteiger partial charge on any atom is -0.493 e. The van der Waals surface area contributed by atoms with E-state index in [2.05, 4.69) is 18.3 Å². The highest BCUT2D eigenvalue weighted by Crippen LogP contribution is 2.39. The SMILES string of the molecule is CC1COc2ccccc2C1Nc1cc(Cl)ccc1Cl. The molecule has 2 nitrogen and oxygen atoms in total. The second-order valence-corrected chi connectivity index (χ2v) is 5.92. The van der Waals surface area contributed by atoms with Crippen molar-refractivity contribution in [3.05, 3.63) is 58.1 Å². The van der Waals surface area contributed by atoms with E-state index in [1.807, 2.05) is 30.3 Å². The molecule has 4 heteroatoms. The zero-order valence-corrected chi connectivity index (χ0v) is 12.6. The van der Waals surface area contributed by atoms with Crippen LogP contribution in [-0.2, 0) is 0 Å². The van der Waals surface area contributed by atoms with E-state index in [4.69, 9.17) is 27.9 Å². The zero-order chi connectivity index (χ0) is 14.1.